The number of nitrogens with one attached hydrogen (secondary N) is 1. The van der Waals surface area contributed by atoms with Crippen LogP contribution in [0.5, 0.6) is 5.75 Å². The number of sulfonamides is 1. The summed E-state index contributed by atoms with van der Waals surface area (Å²) < 4.78 is 34.2. The molecule has 0 spiro atoms. The highest BCUT2D eigenvalue weighted by Gasteiger charge is 2.30. The Hall–Kier alpha value is -3.85. The van der Waals surface area contributed by atoms with E-state index in [4.69, 9.17) is 4.74 Å². The van der Waals surface area contributed by atoms with Gasteiger partial charge in [0.25, 0.3) is 10.0 Å². The number of carbonyl (C=O) groups excluding carboxylic acids is 2. The Morgan fingerprint density at radius 1 is 1.05 bits per heavy atom. The maximum Gasteiger partial charge on any atom is 0.264 e. The van der Waals surface area contributed by atoms with Gasteiger partial charge in [0.15, 0.2) is 0 Å². The van der Waals surface area contributed by atoms with Crippen molar-refractivity contribution in [3.63, 3.8) is 0 Å². The fourth-order valence-electron chi connectivity index (χ4n) is 4.35. The van der Waals surface area contributed by atoms with Crippen LogP contribution in [0.25, 0.3) is 0 Å². The Kier molecular flexibility index (Phi) is 7.83. The number of rotatable bonds is 9. The lowest BCUT2D eigenvalue weighted by molar-refractivity contribution is -0.117. The number of ether oxygens (including phenoxy) is 1. The number of hydrogen-bond donors (Lipinski definition) is 1. The summed E-state index contributed by atoms with van der Waals surface area (Å²) in [5.41, 5.74) is 3.38. The van der Waals surface area contributed by atoms with Crippen molar-refractivity contribution < 1.29 is 22.7 Å². The van der Waals surface area contributed by atoms with E-state index in [0.717, 1.165) is 27.5 Å². The molecular formula is C28H31N3O5S. The maximum absolute atomic E-state index is 13.7. The second-order valence-corrected chi connectivity index (χ2v) is 10.8. The van der Waals surface area contributed by atoms with Crippen molar-refractivity contribution in [2.24, 2.45) is 0 Å². The minimum Gasteiger partial charge on any atom is -0.492 e. The van der Waals surface area contributed by atoms with Crippen molar-refractivity contribution in [1.29, 1.82) is 0 Å². The van der Waals surface area contributed by atoms with Crippen LogP contribution < -0.4 is 19.3 Å². The summed E-state index contributed by atoms with van der Waals surface area (Å²) in [6.45, 7) is 6.13. The average molecular weight is 522 g/mol. The Bertz CT molecular complexity index is 1400. The molecule has 0 unspecified atom stereocenters. The van der Waals surface area contributed by atoms with Gasteiger partial charge in [0.1, 0.15) is 12.3 Å². The molecule has 0 bridgehead atoms. The third-order valence-corrected chi connectivity index (χ3v) is 7.95. The van der Waals surface area contributed by atoms with Crippen LogP contribution in [0.1, 0.15) is 30.9 Å². The molecule has 2 amide bonds. The van der Waals surface area contributed by atoms with Gasteiger partial charge in [-0.05, 0) is 75.2 Å². The molecule has 194 valence electrons. The van der Waals surface area contributed by atoms with E-state index in [2.05, 4.69) is 5.32 Å². The monoisotopic (exact) mass is 521 g/mol. The number of hydrogen-bond acceptors (Lipinski definition) is 5. The fourth-order valence-corrected chi connectivity index (χ4v) is 5.78. The van der Waals surface area contributed by atoms with Gasteiger partial charge in [0.2, 0.25) is 11.8 Å². The zero-order valence-electron chi connectivity index (χ0n) is 21.2. The van der Waals surface area contributed by atoms with E-state index in [9.17, 15) is 18.0 Å². The molecule has 1 fully saturated rings. The first-order chi connectivity index (χ1) is 17.7. The van der Waals surface area contributed by atoms with Gasteiger partial charge in [-0.1, -0.05) is 29.8 Å². The van der Waals surface area contributed by atoms with Gasteiger partial charge in [-0.15, -0.1) is 0 Å². The molecule has 37 heavy (non-hydrogen) atoms. The van der Waals surface area contributed by atoms with Crippen LogP contribution in [-0.4, -0.2) is 39.9 Å². The average Bonchev–Trinajstić information content (AvgIpc) is 3.29. The minimum atomic E-state index is -4.08. The molecule has 1 aliphatic heterocycles. The van der Waals surface area contributed by atoms with Crippen LogP contribution >= 0.6 is 0 Å². The summed E-state index contributed by atoms with van der Waals surface area (Å²) in [5.74, 6) is -0.0554. The number of carbonyl (C=O) groups is 2. The van der Waals surface area contributed by atoms with Gasteiger partial charge in [0, 0.05) is 24.3 Å². The van der Waals surface area contributed by atoms with Crippen molar-refractivity contribution in [2.45, 2.75) is 38.5 Å². The fraction of sp³-hybridized carbons (Fsp3) is 0.286. The van der Waals surface area contributed by atoms with E-state index in [-0.39, 0.29) is 16.5 Å². The topological polar surface area (TPSA) is 96.0 Å². The van der Waals surface area contributed by atoms with E-state index < -0.39 is 22.5 Å². The number of amides is 2. The molecule has 9 heteroatoms. The first-order valence-corrected chi connectivity index (χ1v) is 13.7. The first-order valence-electron chi connectivity index (χ1n) is 12.2. The lowest BCUT2D eigenvalue weighted by Gasteiger charge is -2.26. The van der Waals surface area contributed by atoms with Crippen molar-refractivity contribution >= 4 is 38.9 Å². The van der Waals surface area contributed by atoms with Gasteiger partial charge in [-0.25, -0.2) is 8.42 Å². The van der Waals surface area contributed by atoms with Crippen molar-refractivity contribution in [3.8, 4) is 5.75 Å². The zero-order valence-corrected chi connectivity index (χ0v) is 22.0. The predicted molar refractivity (Wildman–Crippen MR) is 145 cm³/mol. The number of aryl methyl sites for hydroxylation is 2. The molecule has 0 aliphatic carbocycles. The van der Waals surface area contributed by atoms with Crippen molar-refractivity contribution in [3.05, 3.63) is 77.9 Å². The first kappa shape index (κ1) is 26.2. The molecule has 0 saturated carbocycles. The molecule has 1 N–H and O–H groups in total. The molecule has 3 aromatic carbocycles. The number of anilines is 3. The quantitative estimate of drug-likeness (QED) is 0.442. The minimum absolute atomic E-state index is 0.0766. The molecule has 0 atom stereocenters. The summed E-state index contributed by atoms with van der Waals surface area (Å²) in [6, 6.07) is 18.6. The Morgan fingerprint density at radius 3 is 2.43 bits per heavy atom. The molecule has 0 radical (unpaired) electrons. The Labute approximate surface area is 217 Å². The van der Waals surface area contributed by atoms with Crippen LogP contribution in [0, 0.1) is 13.8 Å². The van der Waals surface area contributed by atoms with Crippen molar-refractivity contribution in [1.82, 2.24) is 0 Å². The van der Waals surface area contributed by atoms with Gasteiger partial charge in [-0.3, -0.25) is 13.9 Å². The molecule has 1 aliphatic rings. The second-order valence-electron chi connectivity index (χ2n) is 8.92. The maximum atomic E-state index is 13.7. The van der Waals surface area contributed by atoms with E-state index in [1.165, 1.54) is 12.1 Å². The van der Waals surface area contributed by atoms with Crippen LogP contribution in [0.4, 0.5) is 17.1 Å². The van der Waals surface area contributed by atoms with Gasteiger partial charge >= 0.3 is 0 Å². The standard InChI is InChI=1S/C28H31N3O5S/c1-4-36-26-9-6-5-8-25(26)31(37(34,35)23-14-11-20(2)12-15-23)19-27(32)29-22-13-16-24(21(3)18-22)30-17-7-10-28(30)33/h5-6,8-9,11-16,18H,4,7,10,17,19H2,1-3H3,(H,29,32). The molecule has 8 nitrogen and oxygen atoms in total. The normalized spacial score (nSPS) is 13.5. The number of benzene rings is 3. The highest BCUT2D eigenvalue weighted by molar-refractivity contribution is 7.92. The SMILES string of the molecule is CCOc1ccccc1N(CC(=O)Nc1ccc(N2CCCC2=O)c(C)c1)S(=O)(=O)c1ccc(C)cc1. The molecule has 4 rings (SSSR count). The highest BCUT2D eigenvalue weighted by atomic mass is 32.2. The summed E-state index contributed by atoms with van der Waals surface area (Å²) in [6.07, 6.45) is 1.36. The summed E-state index contributed by atoms with van der Waals surface area (Å²) in [5, 5.41) is 2.81. The Morgan fingerprint density at radius 2 is 1.78 bits per heavy atom. The van der Waals surface area contributed by atoms with Gasteiger partial charge < -0.3 is 15.0 Å². The molecule has 3 aromatic rings. The largest absolute Gasteiger partial charge is 0.492 e. The van der Waals surface area contributed by atoms with Crippen molar-refractivity contribution in [2.75, 3.05) is 34.2 Å². The summed E-state index contributed by atoms with van der Waals surface area (Å²) in [4.78, 5) is 27.1. The smallest absolute Gasteiger partial charge is 0.264 e. The summed E-state index contributed by atoms with van der Waals surface area (Å²) in [7, 11) is -4.08. The molecule has 1 heterocycles. The lowest BCUT2D eigenvalue weighted by atomic mass is 10.1. The van der Waals surface area contributed by atoms with E-state index in [1.54, 1.807) is 59.5 Å². The number of para-hydroxylation sites is 2. The molecule has 1 saturated heterocycles. The van der Waals surface area contributed by atoms with Crippen LogP contribution in [0.3, 0.4) is 0 Å². The highest BCUT2D eigenvalue weighted by Crippen LogP contribution is 2.33. The van der Waals surface area contributed by atoms with Gasteiger partial charge in [-0.2, -0.15) is 0 Å². The Balaban J connectivity index is 1.62. The summed E-state index contributed by atoms with van der Waals surface area (Å²) >= 11 is 0. The number of nitrogens with zero attached hydrogens (tertiary/aromatic N) is 2. The predicted octanol–water partition coefficient (Wildman–Crippen LogP) is 4.66. The second kappa shape index (κ2) is 11.0. The third-order valence-electron chi connectivity index (χ3n) is 6.17. The van der Waals surface area contributed by atoms with Crippen LogP contribution in [0.15, 0.2) is 71.6 Å². The van der Waals surface area contributed by atoms with Crippen LogP contribution in [0.2, 0.25) is 0 Å². The van der Waals surface area contributed by atoms with E-state index in [0.29, 0.717) is 31.0 Å². The molecular weight excluding hydrogens is 490 g/mol. The van der Waals surface area contributed by atoms with E-state index in [1.807, 2.05) is 20.8 Å². The lowest BCUT2D eigenvalue weighted by Crippen LogP contribution is -2.38. The van der Waals surface area contributed by atoms with E-state index >= 15 is 0 Å². The molecule has 0 aromatic heterocycles. The third kappa shape index (κ3) is 5.77. The van der Waals surface area contributed by atoms with Gasteiger partial charge in [0.05, 0.1) is 17.2 Å². The van der Waals surface area contributed by atoms with Crippen LogP contribution in [-0.2, 0) is 19.6 Å². The zero-order chi connectivity index (χ0) is 26.6.